The van der Waals surface area contributed by atoms with Gasteiger partial charge < -0.3 is 20.3 Å². The zero-order valence-electron chi connectivity index (χ0n) is 16.2. The molecule has 0 saturated carbocycles. The van der Waals surface area contributed by atoms with E-state index in [4.69, 9.17) is 5.26 Å². The number of amides is 3. The van der Waals surface area contributed by atoms with Gasteiger partial charge in [-0.2, -0.15) is 18.4 Å². The lowest BCUT2D eigenvalue weighted by molar-refractivity contribution is -0.153. The molecule has 3 amide bonds. The fourth-order valence-electron chi connectivity index (χ4n) is 2.94. The van der Waals surface area contributed by atoms with Crippen molar-refractivity contribution in [3.8, 4) is 11.8 Å². The summed E-state index contributed by atoms with van der Waals surface area (Å²) in [6, 6.07) is 5.36. The average Bonchev–Trinajstić information content (AvgIpc) is 2.65. The first-order valence-corrected chi connectivity index (χ1v) is 9.19. The van der Waals surface area contributed by atoms with Gasteiger partial charge in [-0.25, -0.2) is 4.79 Å². The lowest BCUT2D eigenvalue weighted by Gasteiger charge is -2.32. The summed E-state index contributed by atoms with van der Waals surface area (Å²) in [5, 5.41) is 14.6. The van der Waals surface area contributed by atoms with Gasteiger partial charge in [-0.05, 0) is 44.9 Å². The molecule has 0 aromatic heterocycles. The van der Waals surface area contributed by atoms with E-state index in [1.165, 1.54) is 18.2 Å². The van der Waals surface area contributed by atoms with Crippen molar-refractivity contribution in [2.45, 2.75) is 38.9 Å². The summed E-state index contributed by atoms with van der Waals surface area (Å²) < 4.78 is 41.5. The van der Waals surface area contributed by atoms with Crippen molar-refractivity contribution in [1.82, 2.24) is 10.2 Å². The Kier molecular flexibility index (Phi) is 7.31. The van der Waals surface area contributed by atoms with Crippen LogP contribution < -0.4 is 15.4 Å². The first kappa shape index (κ1) is 22.3. The molecule has 1 aromatic carbocycles. The smallest absolute Gasteiger partial charge is 0.422 e. The van der Waals surface area contributed by atoms with Gasteiger partial charge in [0, 0.05) is 24.8 Å². The minimum absolute atomic E-state index is 0.0146. The van der Waals surface area contributed by atoms with Crippen LogP contribution in [-0.2, 0) is 4.79 Å². The normalized spacial score (nSPS) is 16.9. The third-order valence-corrected chi connectivity index (χ3v) is 4.25. The Labute approximate surface area is 166 Å². The zero-order valence-corrected chi connectivity index (χ0v) is 16.2. The second-order valence-electron chi connectivity index (χ2n) is 7.11. The van der Waals surface area contributed by atoms with Crippen molar-refractivity contribution in [1.29, 1.82) is 5.26 Å². The number of nitrogens with one attached hydrogen (secondary N) is 2. The molecule has 2 N–H and O–H groups in total. The van der Waals surface area contributed by atoms with E-state index in [0.717, 1.165) is 0 Å². The van der Waals surface area contributed by atoms with E-state index in [2.05, 4.69) is 15.4 Å². The molecule has 0 radical (unpaired) electrons. The van der Waals surface area contributed by atoms with Crippen molar-refractivity contribution in [2.75, 3.05) is 25.0 Å². The van der Waals surface area contributed by atoms with E-state index in [9.17, 15) is 22.8 Å². The van der Waals surface area contributed by atoms with Crippen molar-refractivity contribution < 1.29 is 27.5 Å². The predicted octanol–water partition coefficient (Wildman–Crippen LogP) is 3.27. The number of hydrogen-bond donors (Lipinski definition) is 2. The van der Waals surface area contributed by atoms with Crippen LogP contribution in [0.4, 0.5) is 23.7 Å². The largest absolute Gasteiger partial charge is 0.483 e. The Morgan fingerprint density at radius 1 is 1.38 bits per heavy atom. The molecule has 0 unspecified atom stereocenters. The van der Waals surface area contributed by atoms with Crippen LogP contribution in [0.1, 0.15) is 32.3 Å². The number of rotatable bonds is 5. The van der Waals surface area contributed by atoms with E-state index in [1.54, 1.807) is 11.0 Å². The quantitative estimate of drug-likeness (QED) is 0.776. The number of ether oxygens (including phenoxy) is 1. The maximum absolute atomic E-state index is 12.6. The van der Waals surface area contributed by atoms with Crippen LogP contribution in [-0.4, -0.2) is 48.8 Å². The molecule has 158 valence electrons. The molecule has 1 aliphatic heterocycles. The minimum atomic E-state index is -4.52. The van der Waals surface area contributed by atoms with E-state index >= 15 is 0 Å². The van der Waals surface area contributed by atoms with Gasteiger partial charge in [0.1, 0.15) is 11.8 Å². The van der Waals surface area contributed by atoms with Crippen LogP contribution >= 0.6 is 0 Å². The van der Waals surface area contributed by atoms with Crippen molar-refractivity contribution in [3.63, 3.8) is 0 Å². The first-order chi connectivity index (χ1) is 13.6. The average molecular weight is 412 g/mol. The van der Waals surface area contributed by atoms with E-state index in [1.807, 2.05) is 13.8 Å². The van der Waals surface area contributed by atoms with E-state index in [-0.39, 0.29) is 41.5 Å². The van der Waals surface area contributed by atoms with Crippen LogP contribution in [0.3, 0.4) is 0 Å². The third-order valence-electron chi connectivity index (χ3n) is 4.25. The molecule has 1 atom stereocenters. The fourth-order valence-corrected chi connectivity index (χ4v) is 2.94. The highest BCUT2D eigenvalue weighted by Crippen LogP contribution is 2.26. The molecule has 0 bridgehead atoms. The van der Waals surface area contributed by atoms with Crippen LogP contribution in [0.2, 0.25) is 0 Å². The Morgan fingerprint density at radius 2 is 2.10 bits per heavy atom. The monoisotopic (exact) mass is 412 g/mol. The number of carbonyl (C=O) groups is 2. The number of piperidine rings is 1. The standard InChI is InChI=1S/C19H23F3N4O3/c1-12(2)24-18(28)26-7-3-4-13(10-26)17(27)25-15-5-6-16(14(8-15)9-23)29-11-19(20,21)22/h5-6,8,12-13H,3-4,7,10-11H2,1-2H3,(H,24,28)(H,25,27)/t13-/m1/s1. The molecule has 1 aliphatic rings. The number of carbonyl (C=O) groups excluding carboxylic acids is 2. The van der Waals surface area contributed by atoms with Gasteiger partial charge in [-0.1, -0.05) is 0 Å². The van der Waals surface area contributed by atoms with Crippen molar-refractivity contribution in [3.05, 3.63) is 23.8 Å². The SMILES string of the molecule is CC(C)NC(=O)N1CCC[C@@H](C(=O)Nc2ccc(OCC(F)(F)F)c(C#N)c2)C1. The summed E-state index contributed by atoms with van der Waals surface area (Å²) in [6.07, 6.45) is -3.24. The second-order valence-corrected chi connectivity index (χ2v) is 7.11. The topological polar surface area (TPSA) is 94.5 Å². The number of urea groups is 1. The van der Waals surface area contributed by atoms with Crippen molar-refractivity contribution in [2.24, 2.45) is 5.92 Å². The number of nitrogens with zero attached hydrogens (tertiary/aromatic N) is 2. The van der Waals surface area contributed by atoms with E-state index < -0.39 is 18.7 Å². The Morgan fingerprint density at radius 3 is 2.72 bits per heavy atom. The molecule has 1 saturated heterocycles. The van der Waals surface area contributed by atoms with Crippen LogP contribution in [0.25, 0.3) is 0 Å². The maximum Gasteiger partial charge on any atom is 0.422 e. The van der Waals surface area contributed by atoms with Crippen molar-refractivity contribution >= 4 is 17.6 Å². The summed E-state index contributed by atoms with van der Waals surface area (Å²) in [5.41, 5.74) is 0.156. The third kappa shape index (κ3) is 6.85. The van der Waals surface area contributed by atoms with Gasteiger partial charge in [0.15, 0.2) is 6.61 Å². The number of halogens is 3. The van der Waals surface area contributed by atoms with Gasteiger partial charge in [0.05, 0.1) is 11.5 Å². The predicted molar refractivity (Wildman–Crippen MR) is 99.3 cm³/mol. The van der Waals surface area contributed by atoms with Crippen LogP contribution in [0, 0.1) is 17.2 Å². The second kappa shape index (κ2) is 9.49. The molecule has 0 aliphatic carbocycles. The van der Waals surface area contributed by atoms with Gasteiger partial charge in [0.2, 0.25) is 5.91 Å². The number of alkyl halides is 3. The zero-order chi connectivity index (χ0) is 21.6. The molecule has 0 spiro atoms. The number of nitriles is 1. The lowest BCUT2D eigenvalue weighted by Crippen LogP contribution is -2.49. The molecule has 7 nitrogen and oxygen atoms in total. The van der Waals surface area contributed by atoms with Crippen LogP contribution in [0.5, 0.6) is 5.75 Å². The highest BCUT2D eigenvalue weighted by Gasteiger charge is 2.30. The van der Waals surface area contributed by atoms with E-state index in [0.29, 0.717) is 19.4 Å². The highest BCUT2D eigenvalue weighted by atomic mass is 19.4. The van der Waals surface area contributed by atoms with Gasteiger partial charge in [-0.3, -0.25) is 4.79 Å². The molecular weight excluding hydrogens is 389 g/mol. The molecule has 2 rings (SSSR count). The summed E-state index contributed by atoms with van der Waals surface area (Å²) in [4.78, 5) is 26.3. The van der Waals surface area contributed by atoms with Gasteiger partial charge >= 0.3 is 12.2 Å². The first-order valence-electron chi connectivity index (χ1n) is 9.19. The molecule has 10 heteroatoms. The molecule has 29 heavy (non-hydrogen) atoms. The molecule has 1 heterocycles. The van der Waals surface area contributed by atoms with Gasteiger partial charge in [0.25, 0.3) is 0 Å². The Bertz CT molecular complexity index is 790. The number of likely N-dealkylation sites (tertiary alicyclic amines) is 1. The Hall–Kier alpha value is -2.96. The highest BCUT2D eigenvalue weighted by molar-refractivity contribution is 5.93. The van der Waals surface area contributed by atoms with Crippen LogP contribution in [0.15, 0.2) is 18.2 Å². The fraction of sp³-hybridized carbons (Fsp3) is 0.526. The number of benzene rings is 1. The summed E-state index contributed by atoms with van der Waals surface area (Å²) >= 11 is 0. The number of hydrogen-bond acceptors (Lipinski definition) is 4. The summed E-state index contributed by atoms with van der Waals surface area (Å²) in [7, 11) is 0. The molecule has 1 fully saturated rings. The summed E-state index contributed by atoms with van der Waals surface area (Å²) in [5.74, 6) is -0.953. The molecule has 1 aromatic rings. The Balaban J connectivity index is 2.01. The minimum Gasteiger partial charge on any atom is -0.483 e. The maximum atomic E-state index is 12.6. The van der Waals surface area contributed by atoms with Gasteiger partial charge in [-0.15, -0.1) is 0 Å². The molecular formula is C19H23F3N4O3. The lowest BCUT2D eigenvalue weighted by atomic mass is 9.97. The summed E-state index contributed by atoms with van der Waals surface area (Å²) in [6.45, 7) is 3.01. The number of anilines is 1.